The fourth-order valence-electron chi connectivity index (χ4n) is 2.69. The van der Waals surface area contributed by atoms with Crippen LogP contribution in [0.5, 0.6) is 5.75 Å². The van der Waals surface area contributed by atoms with Gasteiger partial charge in [0.2, 0.25) is 0 Å². The number of benzene rings is 1. The van der Waals surface area contributed by atoms with E-state index in [0.29, 0.717) is 6.54 Å². The number of ketones is 1. The SMILES string of the molecule is CCCCN(CCCC)CC(=O)c1ccc2c(c1)CCO2. The standard InChI is InChI=1S/C18H27NO2/c1-3-5-10-19(11-6-4-2)14-17(20)15-7-8-18-16(13-15)9-12-21-18/h7-8,13H,3-6,9-12,14H2,1-2H3. The van der Waals surface area contributed by atoms with Crippen molar-refractivity contribution in [3.8, 4) is 5.75 Å². The van der Waals surface area contributed by atoms with Gasteiger partial charge in [0.25, 0.3) is 0 Å². The van der Waals surface area contributed by atoms with Crippen LogP contribution in [-0.4, -0.2) is 36.9 Å². The van der Waals surface area contributed by atoms with Crippen LogP contribution in [0.25, 0.3) is 0 Å². The fraction of sp³-hybridized carbons (Fsp3) is 0.611. The van der Waals surface area contributed by atoms with Gasteiger partial charge in [0.15, 0.2) is 5.78 Å². The molecule has 0 radical (unpaired) electrons. The van der Waals surface area contributed by atoms with Crippen molar-refractivity contribution in [2.45, 2.75) is 46.0 Å². The quantitative estimate of drug-likeness (QED) is 0.649. The Kier molecular flexibility index (Phi) is 6.24. The maximum atomic E-state index is 12.5. The molecule has 0 aromatic heterocycles. The average Bonchev–Trinajstić information content (AvgIpc) is 2.97. The maximum absolute atomic E-state index is 12.5. The second-order valence-corrected chi connectivity index (χ2v) is 5.83. The predicted molar refractivity (Wildman–Crippen MR) is 86.2 cm³/mol. The highest BCUT2D eigenvalue weighted by atomic mass is 16.5. The van der Waals surface area contributed by atoms with Crippen molar-refractivity contribution in [1.29, 1.82) is 0 Å². The molecule has 0 spiro atoms. The first-order valence-electron chi connectivity index (χ1n) is 8.25. The minimum atomic E-state index is 0.233. The zero-order valence-electron chi connectivity index (χ0n) is 13.4. The Morgan fingerprint density at radius 2 is 1.90 bits per heavy atom. The number of hydrogen-bond acceptors (Lipinski definition) is 3. The van der Waals surface area contributed by atoms with Gasteiger partial charge in [-0.1, -0.05) is 26.7 Å². The van der Waals surface area contributed by atoms with Crippen LogP contribution in [0, 0.1) is 0 Å². The Hall–Kier alpha value is -1.35. The van der Waals surface area contributed by atoms with E-state index >= 15 is 0 Å². The first-order chi connectivity index (χ1) is 10.2. The van der Waals surface area contributed by atoms with Gasteiger partial charge in [-0.25, -0.2) is 0 Å². The summed E-state index contributed by atoms with van der Waals surface area (Å²) in [7, 11) is 0. The van der Waals surface area contributed by atoms with Crippen LogP contribution in [0.3, 0.4) is 0 Å². The zero-order chi connectivity index (χ0) is 15.1. The van der Waals surface area contributed by atoms with E-state index in [0.717, 1.165) is 50.3 Å². The maximum Gasteiger partial charge on any atom is 0.176 e. The fourth-order valence-corrected chi connectivity index (χ4v) is 2.69. The summed E-state index contributed by atoms with van der Waals surface area (Å²) in [6, 6.07) is 5.87. The van der Waals surface area contributed by atoms with E-state index in [1.807, 2.05) is 18.2 Å². The third-order valence-corrected chi connectivity index (χ3v) is 4.03. The van der Waals surface area contributed by atoms with Crippen molar-refractivity contribution in [2.24, 2.45) is 0 Å². The van der Waals surface area contributed by atoms with Crippen LogP contribution in [0.2, 0.25) is 0 Å². The average molecular weight is 289 g/mol. The summed E-state index contributed by atoms with van der Waals surface area (Å²) >= 11 is 0. The summed E-state index contributed by atoms with van der Waals surface area (Å²) in [5.74, 6) is 1.18. The normalized spacial score (nSPS) is 13.3. The van der Waals surface area contributed by atoms with Crippen LogP contribution >= 0.6 is 0 Å². The Bertz CT molecular complexity index is 462. The first kappa shape index (κ1) is 16.0. The van der Waals surface area contributed by atoms with E-state index in [4.69, 9.17) is 4.74 Å². The van der Waals surface area contributed by atoms with Crippen molar-refractivity contribution in [3.63, 3.8) is 0 Å². The van der Waals surface area contributed by atoms with Crippen LogP contribution in [-0.2, 0) is 6.42 Å². The lowest BCUT2D eigenvalue weighted by molar-refractivity contribution is 0.0928. The summed E-state index contributed by atoms with van der Waals surface area (Å²) in [5, 5.41) is 0. The van der Waals surface area contributed by atoms with Crippen molar-refractivity contribution in [3.05, 3.63) is 29.3 Å². The van der Waals surface area contributed by atoms with Gasteiger partial charge >= 0.3 is 0 Å². The highest BCUT2D eigenvalue weighted by molar-refractivity contribution is 5.98. The van der Waals surface area contributed by atoms with E-state index in [9.17, 15) is 4.79 Å². The summed E-state index contributed by atoms with van der Waals surface area (Å²) in [6.07, 6.45) is 5.59. The van der Waals surface area contributed by atoms with Gasteiger partial charge in [-0.05, 0) is 49.7 Å². The van der Waals surface area contributed by atoms with Gasteiger partial charge < -0.3 is 4.74 Å². The molecule has 1 aliphatic rings. The second-order valence-electron chi connectivity index (χ2n) is 5.83. The van der Waals surface area contributed by atoms with Crippen molar-refractivity contribution in [1.82, 2.24) is 4.90 Å². The Morgan fingerprint density at radius 3 is 2.57 bits per heavy atom. The molecule has 0 atom stereocenters. The molecule has 3 heteroatoms. The number of nitrogens with zero attached hydrogens (tertiary/aromatic N) is 1. The van der Waals surface area contributed by atoms with E-state index in [-0.39, 0.29) is 5.78 Å². The number of carbonyl (C=O) groups excluding carboxylic acids is 1. The van der Waals surface area contributed by atoms with Gasteiger partial charge in [0.1, 0.15) is 5.75 Å². The molecule has 116 valence electrons. The number of hydrogen-bond donors (Lipinski definition) is 0. The van der Waals surface area contributed by atoms with Gasteiger partial charge in [-0.2, -0.15) is 0 Å². The lowest BCUT2D eigenvalue weighted by Gasteiger charge is -2.21. The molecular formula is C18H27NO2. The molecule has 0 unspecified atom stereocenters. The van der Waals surface area contributed by atoms with Gasteiger partial charge in [-0.15, -0.1) is 0 Å². The summed E-state index contributed by atoms with van der Waals surface area (Å²) in [4.78, 5) is 14.8. The molecular weight excluding hydrogens is 262 g/mol. The van der Waals surface area contributed by atoms with Crippen LogP contribution in [0.15, 0.2) is 18.2 Å². The Morgan fingerprint density at radius 1 is 1.19 bits per heavy atom. The van der Waals surface area contributed by atoms with Crippen molar-refractivity contribution in [2.75, 3.05) is 26.2 Å². The highest BCUT2D eigenvalue weighted by Crippen LogP contribution is 2.26. The molecule has 0 aliphatic carbocycles. The molecule has 1 aromatic carbocycles. The number of rotatable bonds is 9. The topological polar surface area (TPSA) is 29.5 Å². The number of carbonyl (C=O) groups is 1. The zero-order valence-corrected chi connectivity index (χ0v) is 13.4. The first-order valence-corrected chi connectivity index (χ1v) is 8.25. The van der Waals surface area contributed by atoms with Crippen molar-refractivity contribution < 1.29 is 9.53 Å². The molecule has 0 saturated heterocycles. The number of ether oxygens (including phenoxy) is 1. The van der Waals surface area contributed by atoms with Gasteiger partial charge in [0.05, 0.1) is 13.2 Å². The lowest BCUT2D eigenvalue weighted by Crippen LogP contribution is -2.31. The molecule has 1 heterocycles. The molecule has 0 bridgehead atoms. The summed E-state index contributed by atoms with van der Waals surface area (Å²) < 4.78 is 5.50. The monoisotopic (exact) mass is 289 g/mol. The van der Waals surface area contributed by atoms with Gasteiger partial charge in [-0.3, -0.25) is 9.69 Å². The molecule has 0 N–H and O–H groups in total. The summed E-state index contributed by atoms with van der Waals surface area (Å²) in [6.45, 7) is 7.72. The molecule has 0 amide bonds. The smallest absolute Gasteiger partial charge is 0.176 e. The lowest BCUT2D eigenvalue weighted by atomic mass is 10.0. The van der Waals surface area contributed by atoms with Crippen LogP contribution in [0.4, 0.5) is 0 Å². The number of fused-ring (bicyclic) bond motifs is 1. The molecule has 1 aromatic rings. The number of unbranched alkanes of at least 4 members (excludes halogenated alkanes) is 2. The van der Waals surface area contributed by atoms with E-state index in [2.05, 4.69) is 18.7 Å². The predicted octanol–water partition coefficient (Wildman–Crippen LogP) is 3.71. The second kappa shape index (κ2) is 8.18. The molecule has 21 heavy (non-hydrogen) atoms. The molecule has 3 nitrogen and oxygen atoms in total. The van der Waals surface area contributed by atoms with E-state index < -0.39 is 0 Å². The van der Waals surface area contributed by atoms with Crippen molar-refractivity contribution >= 4 is 5.78 Å². The Labute approximate surface area is 128 Å². The highest BCUT2D eigenvalue weighted by Gasteiger charge is 2.16. The third-order valence-electron chi connectivity index (χ3n) is 4.03. The molecule has 0 saturated carbocycles. The Balaban J connectivity index is 1.97. The van der Waals surface area contributed by atoms with Gasteiger partial charge in [0, 0.05) is 12.0 Å². The van der Waals surface area contributed by atoms with E-state index in [1.54, 1.807) is 0 Å². The largest absolute Gasteiger partial charge is 0.493 e. The minimum Gasteiger partial charge on any atom is -0.493 e. The molecule has 2 rings (SSSR count). The minimum absolute atomic E-state index is 0.233. The van der Waals surface area contributed by atoms with E-state index in [1.165, 1.54) is 18.4 Å². The third kappa shape index (κ3) is 4.57. The molecule has 0 fully saturated rings. The van der Waals surface area contributed by atoms with Crippen LogP contribution < -0.4 is 4.74 Å². The number of Topliss-reactive ketones (excluding diaryl/α,β-unsaturated/α-hetero) is 1. The molecule has 1 aliphatic heterocycles. The summed E-state index contributed by atoms with van der Waals surface area (Å²) in [5.41, 5.74) is 2.01. The van der Waals surface area contributed by atoms with Crippen LogP contribution in [0.1, 0.15) is 55.5 Å².